The molecule has 0 saturated carbocycles. The smallest absolute Gasteiger partial charge is 0.356 e. The molecule has 0 unspecified atom stereocenters. The average Bonchev–Trinajstić information content (AvgIpc) is 3.17. The summed E-state index contributed by atoms with van der Waals surface area (Å²) in [6, 6.07) is 13.5. The van der Waals surface area contributed by atoms with Gasteiger partial charge in [-0.3, -0.25) is 10.1 Å². The molecule has 1 N–H and O–H groups in total. The Bertz CT molecular complexity index is 1240. The molecule has 2 aromatic heterocycles. The number of aromatic nitrogens is 5. The number of ether oxygens (including phenoxy) is 1. The molecule has 4 aromatic rings. The van der Waals surface area contributed by atoms with Crippen LogP contribution in [0.2, 0.25) is 0 Å². The summed E-state index contributed by atoms with van der Waals surface area (Å²) < 4.78 is 6.03. The van der Waals surface area contributed by atoms with Gasteiger partial charge in [0.05, 0.1) is 28.8 Å². The van der Waals surface area contributed by atoms with Gasteiger partial charge < -0.3 is 10.1 Å². The monoisotopic (exact) mass is 391 g/mol. The van der Waals surface area contributed by atoms with Crippen LogP contribution in [0.3, 0.4) is 0 Å². The fourth-order valence-corrected chi connectivity index (χ4v) is 2.82. The zero-order valence-corrected chi connectivity index (χ0v) is 15.0. The molecule has 0 amide bonds. The Kier molecular flexibility index (Phi) is 4.53. The fraction of sp³-hybridized carbons (Fsp3) is 0.0556. The Morgan fingerprint density at radius 2 is 1.90 bits per heavy atom. The van der Waals surface area contributed by atoms with Gasteiger partial charge in [-0.1, -0.05) is 29.5 Å². The number of hydrogen-bond donors (Lipinski definition) is 1. The van der Waals surface area contributed by atoms with E-state index in [0.717, 1.165) is 0 Å². The van der Waals surface area contributed by atoms with E-state index in [1.165, 1.54) is 24.2 Å². The quantitative estimate of drug-likeness (QED) is 0.309. The molecule has 0 radical (unpaired) electrons. The highest BCUT2D eigenvalue weighted by Gasteiger charge is 2.27. The highest BCUT2D eigenvalue weighted by Crippen LogP contribution is 2.32. The van der Waals surface area contributed by atoms with Gasteiger partial charge in [-0.25, -0.2) is 14.8 Å². The standard InChI is InChI=1S/C18H13N7O4/c1-29-18(26)11-6-2-3-7-12(11)21-16-15(25(27)28)17(20-10-19-16)24-14-9-5-4-8-13(14)22-23-24/h2-10H,1H3,(H,19,20,21). The first-order valence-electron chi connectivity index (χ1n) is 8.34. The van der Waals surface area contributed by atoms with E-state index in [-0.39, 0.29) is 17.2 Å². The molecule has 2 heterocycles. The lowest BCUT2D eigenvalue weighted by Crippen LogP contribution is -2.10. The summed E-state index contributed by atoms with van der Waals surface area (Å²) >= 11 is 0. The van der Waals surface area contributed by atoms with Crippen molar-refractivity contribution in [3.63, 3.8) is 0 Å². The van der Waals surface area contributed by atoms with Gasteiger partial charge in [0.15, 0.2) is 0 Å². The molecular formula is C18H13N7O4. The van der Waals surface area contributed by atoms with E-state index in [9.17, 15) is 14.9 Å². The minimum Gasteiger partial charge on any atom is -0.465 e. The van der Waals surface area contributed by atoms with Gasteiger partial charge in [-0.05, 0) is 24.3 Å². The molecule has 4 rings (SSSR count). The lowest BCUT2D eigenvalue weighted by molar-refractivity contribution is -0.384. The highest BCUT2D eigenvalue weighted by molar-refractivity contribution is 5.96. The van der Waals surface area contributed by atoms with Crippen molar-refractivity contribution in [1.29, 1.82) is 0 Å². The van der Waals surface area contributed by atoms with Crippen LogP contribution in [0.15, 0.2) is 54.9 Å². The number of benzene rings is 2. The van der Waals surface area contributed by atoms with Gasteiger partial charge in [0, 0.05) is 0 Å². The van der Waals surface area contributed by atoms with Crippen molar-refractivity contribution in [3.05, 3.63) is 70.5 Å². The van der Waals surface area contributed by atoms with E-state index in [1.807, 2.05) is 0 Å². The van der Waals surface area contributed by atoms with Crippen LogP contribution in [-0.2, 0) is 4.74 Å². The SMILES string of the molecule is COC(=O)c1ccccc1Nc1ncnc(-n2nnc3ccccc32)c1[N+](=O)[O-]. The van der Waals surface area contributed by atoms with Crippen LogP contribution in [0.25, 0.3) is 16.9 Å². The molecule has 11 heteroatoms. The van der Waals surface area contributed by atoms with Crippen LogP contribution in [0.4, 0.5) is 17.2 Å². The summed E-state index contributed by atoms with van der Waals surface area (Å²) in [6.07, 6.45) is 1.17. The number of nitrogens with one attached hydrogen (secondary N) is 1. The Hall–Kier alpha value is -4.41. The maximum atomic E-state index is 12.0. The number of para-hydroxylation sites is 2. The summed E-state index contributed by atoms with van der Waals surface area (Å²) in [5.41, 5.74) is 1.20. The third-order valence-corrected chi connectivity index (χ3v) is 4.12. The molecule has 0 aliphatic rings. The molecule has 0 fully saturated rings. The first-order chi connectivity index (χ1) is 14.1. The van der Waals surface area contributed by atoms with Crippen molar-refractivity contribution in [2.75, 3.05) is 12.4 Å². The summed E-state index contributed by atoms with van der Waals surface area (Å²) in [7, 11) is 1.25. The number of rotatable bonds is 5. The number of carbonyl (C=O) groups is 1. The number of anilines is 2. The topological polar surface area (TPSA) is 138 Å². The third-order valence-electron chi connectivity index (χ3n) is 4.12. The summed E-state index contributed by atoms with van der Waals surface area (Å²) in [5, 5.41) is 22.7. The fourth-order valence-electron chi connectivity index (χ4n) is 2.82. The van der Waals surface area contributed by atoms with Crippen molar-refractivity contribution < 1.29 is 14.5 Å². The molecule has 11 nitrogen and oxygen atoms in total. The average molecular weight is 391 g/mol. The van der Waals surface area contributed by atoms with Crippen molar-refractivity contribution in [2.24, 2.45) is 0 Å². The molecule has 29 heavy (non-hydrogen) atoms. The van der Waals surface area contributed by atoms with Gasteiger partial charge >= 0.3 is 11.7 Å². The molecule has 0 atom stereocenters. The molecular weight excluding hydrogens is 378 g/mol. The maximum absolute atomic E-state index is 12.0. The summed E-state index contributed by atoms with van der Waals surface area (Å²) in [5.74, 6) is -0.750. The molecule has 0 aliphatic heterocycles. The van der Waals surface area contributed by atoms with E-state index in [0.29, 0.717) is 16.7 Å². The molecule has 0 saturated heterocycles. The zero-order valence-electron chi connectivity index (χ0n) is 15.0. The van der Waals surface area contributed by atoms with Crippen LogP contribution in [0.5, 0.6) is 0 Å². The van der Waals surface area contributed by atoms with Crippen LogP contribution in [-0.4, -0.2) is 43.0 Å². The Morgan fingerprint density at radius 1 is 1.14 bits per heavy atom. The van der Waals surface area contributed by atoms with E-state index in [4.69, 9.17) is 4.74 Å². The minimum atomic E-state index is -0.616. The Morgan fingerprint density at radius 3 is 2.69 bits per heavy atom. The van der Waals surface area contributed by atoms with E-state index < -0.39 is 16.6 Å². The normalized spacial score (nSPS) is 10.7. The predicted molar refractivity (Wildman–Crippen MR) is 102 cm³/mol. The van der Waals surface area contributed by atoms with Gasteiger partial charge in [0.2, 0.25) is 11.6 Å². The second-order valence-corrected chi connectivity index (χ2v) is 5.80. The number of hydrogen-bond acceptors (Lipinski definition) is 9. The number of carbonyl (C=O) groups excluding carboxylic acids is 1. The Balaban J connectivity index is 1.86. The molecule has 0 aliphatic carbocycles. The molecule has 144 valence electrons. The van der Waals surface area contributed by atoms with Crippen LogP contribution in [0.1, 0.15) is 10.4 Å². The van der Waals surface area contributed by atoms with E-state index in [2.05, 4.69) is 25.6 Å². The van der Waals surface area contributed by atoms with Crippen molar-refractivity contribution in [2.45, 2.75) is 0 Å². The van der Waals surface area contributed by atoms with Crippen LogP contribution < -0.4 is 5.32 Å². The molecule has 0 bridgehead atoms. The van der Waals surface area contributed by atoms with E-state index >= 15 is 0 Å². The number of fused-ring (bicyclic) bond motifs is 1. The lowest BCUT2D eigenvalue weighted by Gasteiger charge is -2.11. The molecule has 2 aromatic carbocycles. The van der Waals surface area contributed by atoms with Crippen LogP contribution in [0, 0.1) is 10.1 Å². The van der Waals surface area contributed by atoms with Gasteiger partial charge in [0.25, 0.3) is 0 Å². The second kappa shape index (κ2) is 7.31. The van der Waals surface area contributed by atoms with Crippen molar-refractivity contribution in [1.82, 2.24) is 25.0 Å². The van der Waals surface area contributed by atoms with Gasteiger partial charge in [-0.2, -0.15) is 4.68 Å². The zero-order chi connectivity index (χ0) is 20.4. The summed E-state index contributed by atoms with van der Waals surface area (Å²) in [6.45, 7) is 0. The van der Waals surface area contributed by atoms with Gasteiger partial charge in [0.1, 0.15) is 11.8 Å². The van der Waals surface area contributed by atoms with Crippen LogP contribution >= 0.6 is 0 Å². The van der Waals surface area contributed by atoms with Gasteiger partial charge in [-0.15, -0.1) is 5.10 Å². The van der Waals surface area contributed by atoms with Crippen molar-refractivity contribution in [3.8, 4) is 5.82 Å². The predicted octanol–water partition coefficient (Wildman–Crippen LogP) is 2.65. The van der Waals surface area contributed by atoms with Crippen molar-refractivity contribution >= 4 is 34.2 Å². The maximum Gasteiger partial charge on any atom is 0.356 e. The number of nitrogens with zero attached hydrogens (tertiary/aromatic N) is 6. The number of methoxy groups -OCH3 is 1. The summed E-state index contributed by atoms with van der Waals surface area (Å²) in [4.78, 5) is 31.3. The first kappa shape index (κ1) is 18.0. The first-order valence-corrected chi connectivity index (χ1v) is 8.34. The Labute approximate surface area is 163 Å². The number of nitro groups is 1. The largest absolute Gasteiger partial charge is 0.465 e. The lowest BCUT2D eigenvalue weighted by atomic mass is 10.2. The third kappa shape index (κ3) is 3.20. The second-order valence-electron chi connectivity index (χ2n) is 5.80. The molecule has 0 spiro atoms. The minimum absolute atomic E-state index is 0.0586. The number of esters is 1. The van der Waals surface area contributed by atoms with E-state index in [1.54, 1.807) is 42.5 Å². The highest BCUT2D eigenvalue weighted by atomic mass is 16.6.